The second-order valence-corrected chi connectivity index (χ2v) is 9.51. The minimum Gasteiger partial charge on any atom is -0.477 e. The van der Waals surface area contributed by atoms with Crippen LogP contribution in [0.3, 0.4) is 0 Å². The van der Waals surface area contributed by atoms with Crippen molar-refractivity contribution in [3.63, 3.8) is 0 Å². The van der Waals surface area contributed by atoms with Gasteiger partial charge in [0.2, 0.25) is 0 Å². The Hall–Kier alpha value is -4.01. The molecule has 184 valence electrons. The molecular weight excluding hydrogens is 474 g/mol. The number of nitrogens with zero attached hydrogens (tertiary/aromatic N) is 3. The molecule has 0 radical (unpaired) electrons. The zero-order chi connectivity index (χ0) is 26.1. The normalized spacial score (nSPS) is 12.8. The molecule has 1 heterocycles. The molecular formula is C28H27N3O4S. The molecule has 8 heteroatoms. The number of aliphatic carboxylic acids is 2. The largest absolute Gasteiger partial charge is 0.477 e. The van der Waals surface area contributed by atoms with E-state index in [1.54, 1.807) is 12.1 Å². The Kier molecular flexibility index (Phi) is 9.32. The number of hydrogen-bond acceptors (Lipinski definition) is 6. The van der Waals surface area contributed by atoms with Gasteiger partial charge in [0.15, 0.2) is 0 Å². The summed E-state index contributed by atoms with van der Waals surface area (Å²) < 4.78 is 0. The van der Waals surface area contributed by atoms with Crippen molar-refractivity contribution >= 4 is 47.2 Å². The van der Waals surface area contributed by atoms with Gasteiger partial charge in [-0.15, -0.1) is 0 Å². The van der Waals surface area contributed by atoms with Crippen molar-refractivity contribution in [2.75, 3.05) is 11.4 Å². The van der Waals surface area contributed by atoms with Crippen LogP contribution in [-0.4, -0.2) is 28.7 Å². The molecule has 0 unspecified atom stereocenters. The Morgan fingerprint density at radius 1 is 0.833 bits per heavy atom. The van der Waals surface area contributed by atoms with Crippen molar-refractivity contribution < 1.29 is 19.8 Å². The highest BCUT2D eigenvalue weighted by molar-refractivity contribution is 7.99. The molecule has 0 saturated carbocycles. The van der Waals surface area contributed by atoms with E-state index in [-0.39, 0.29) is 11.1 Å². The van der Waals surface area contributed by atoms with E-state index >= 15 is 0 Å². The Morgan fingerprint density at radius 2 is 1.31 bits per heavy atom. The van der Waals surface area contributed by atoms with Crippen molar-refractivity contribution in [3.05, 3.63) is 58.7 Å². The first kappa shape index (κ1) is 26.6. The van der Waals surface area contributed by atoms with Crippen LogP contribution in [-0.2, 0) is 9.59 Å². The Balaban J connectivity index is 1.97. The number of carboxylic acids is 2. The summed E-state index contributed by atoms with van der Waals surface area (Å²) in [5, 5.41) is 36.7. The van der Waals surface area contributed by atoms with Crippen LogP contribution < -0.4 is 4.90 Å². The van der Waals surface area contributed by atoms with Gasteiger partial charge in [0.1, 0.15) is 23.3 Å². The maximum atomic E-state index is 11.3. The molecule has 7 nitrogen and oxygen atoms in total. The summed E-state index contributed by atoms with van der Waals surface area (Å²) in [7, 11) is 0. The summed E-state index contributed by atoms with van der Waals surface area (Å²) in [5.41, 5.74) is 2.53. The van der Waals surface area contributed by atoms with E-state index in [0.29, 0.717) is 11.1 Å². The third kappa shape index (κ3) is 6.56. The molecule has 3 rings (SSSR count). The fourth-order valence-corrected chi connectivity index (χ4v) is 5.20. The molecule has 0 atom stereocenters. The summed E-state index contributed by atoms with van der Waals surface area (Å²) in [6.45, 7) is 2.99. The van der Waals surface area contributed by atoms with Crippen LogP contribution in [0.5, 0.6) is 0 Å². The first-order chi connectivity index (χ1) is 17.4. The Morgan fingerprint density at radius 3 is 1.75 bits per heavy atom. The van der Waals surface area contributed by atoms with Gasteiger partial charge in [-0.3, -0.25) is 0 Å². The lowest BCUT2D eigenvalue weighted by atomic mass is 10.1. The molecule has 2 aromatic rings. The molecule has 0 spiro atoms. The predicted octanol–water partition coefficient (Wildman–Crippen LogP) is 6.63. The average molecular weight is 502 g/mol. The van der Waals surface area contributed by atoms with Crippen LogP contribution in [0, 0.1) is 22.7 Å². The molecule has 1 aliphatic heterocycles. The summed E-state index contributed by atoms with van der Waals surface area (Å²) >= 11 is 1.49. The van der Waals surface area contributed by atoms with Gasteiger partial charge in [0, 0.05) is 16.3 Å². The number of carboxylic acid groups (broad SMARTS) is 2. The number of unbranched alkanes of at least 4 members (excludes halogenated alkanes) is 5. The van der Waals surface area contributed by atoms with Gasteiger partial charge in [0.05, 0.1) is 11.4 Å². The summed E-state index contributed by atoms with van der Waals surface area (Å²) in [6.07, 6.45) is 9.66. The quantitative estimate of drug-likeness (QED) is 0.199. The number of benzene rings is 2. The van der Waals surface area contributed by atoms with Gasteiger partial charge in [-0.1, -0.05) is 62.9 Å². The average Bonchev–Trinajstić information content (AvgIpc) is 2.86. The fourth-order valence-electron chi connectivity index (χ4n) is 4.01. The van der Waals surface area contributed by atoms with Crippen LogP contribution >= 0.6 is 11.8 Å². The third-order valence-corrected chi connectivity index (χ3v) is 6.92. The van der Waals surface area contributed by atoms with Crippen LogP contribution in [0.15, 0.2) is 57.3 Å². The minimum atomic E-state index is -1.28. The Bertz CT molecular complexity index is 1210. The van der Waals surface area contributed by atoms with E-state index in [2.05, 4.69) is 11.8 Å². The molecule has 0 saturated heterocycles. The van der Waals surface area contributed by atoms with Crippen LogP contribution in [0.25, 0.3) is 12.2 Å². The molecule has 0 aliphatic carbocycles. The van der Waals surface area contributed by atoms with Crippen molar-refractivity contribution in [1.82, 2.24) is 0 Å². The molecule has 0 amide bonds. The van der Waals surface area contributed by atoms with Gasteiger partial charge in [0.25, 0.3) is 0 Å². The molecule has 0 fully saturated rings. The predicted molar refractivity (Wildman–Crippen MR) is 140 cm³/mol. The van der Waals surface area contributed by atoms with Gasteiger partial charge >= 0.3 is 11.9 Å². The van der Waals surface area contributed by atoms with Crippen molar-refractivity contribution in [1.29, 1.82) is 10.5 Å². The van der Waals surface area contributed by atoms with E-state index < -0.39 is 11.9 Å². The maximum Gasteiger partial charge on any atom is 0.346 e. The topological polar surface area (TPSA) is 125 Å². The first-order valence-corrected chi connectivity index (χ1v) is 12.6. The number of anilines is 2. The van der Waals surface area contributed by atoms with Gasteiger partial charge < -0.3 is 15.1 Å². The number of carbonyl (C=O) groups is 2. The molecule has 0 aromatic heterocycles. The SMILES string of the molecule is CCCCCCCCN1c2ccc(/C=C(/C#N)C(=O)O)cc2Sc2cc(/C=C(/C#N)C(=O)O)ccc21. The molecule has 2 N–H and O–H groups in total. The number of rotatable bonds is 11. The van der Waals surface area contributed by atoms with E-state index in [1.165, 1.54) is 49.6 Å². The second kappa shape index (κ2) is 12.6. The monoisotopic (exact) mass is 501 g/mol. The van der Waals surface area contributed by atoms with E-state index in [9.17, 15) is 19.8 Å². The molecule has 2 aromatic carbocycles. The lowest BCUT2D eigenvalue weighted by Crippen LogP contribution is -2.22. The van der Waals surface area contributed by atoms with Gasteiger partial charge in [-0.05, 0) is 54.0 Å². The van der Waals surface area contributed by atoms with Crippen LogP contribution in [0.2, 0.25) is 0 Å². The van der Waals surface area contributed by atoms with Crippen molar-refractivity contribution in [2.45, 2.75) is 55.2 Å². The molecule has 0 bridgehead atoms. The highest BCUT2D eigenvalue weighted by Gasteiger charge is 2.24. The lowest BCUT2D eigenvalue weighted by Gasteiger charge is -2.33. The van der Waals surface area contributed by atoms with Crippen molar-refractivity contribution in [3.8, 4) is 12.1 Å². The standard InChI is InChI=1S/C28H27N3O4S/c1-2-3-4-5-6-7-12-31-23-10-8-19(13-21(17-29)27(32)33)15-25(23)36-26-16-20(9-11-24(26)31)14-22(18-30)28(34)35/h8-11,13-16H,2-7,12H2,1H3,(H,32,33)(H,34,35)/b21-13-,22-14-. The highest BCUT2D eigenvalue weighted by atomic mass is 32.2. The van der Waals surface area contributed by atoms with Crippen LogP contribution in [0.4, 0.5) is 11.4 Å². The highest BCUT2D eigenvalue weighted by Crippen LogP contribution is 2.49. The number of nitriles is 2. The second-order valence-electron chi connectivity index (χ2n) is 8.43. The summed E-state index contributed by atoms with van der Waals surface area (Å²) in [4.78, 5) is 26.6. The number of hydrogen-bond donors (Lipinski definition) is 2. The Labute approximate surface area is 215 Å². The molecule has 1 aliphatic rings. The minimum absolute atomic E-state index is 0.342. The van der Waals surface area contributed by atoms with E-state index in [4.69, 9.17) is 10.5 Å². The molecule has 36 heavy (non-hydrogen) atoms. The van der Waals surface area contributed by atoms with Crippen molar-refractivity contribution in [2.24, 2.45) is 0 Å². The first-order valence-electron chi connectivity index (χ1n) is 11.8. The summed E-state index contributed by atoms with van der Waals surface area (Å²) in [5.74, 6) is -2.55. The smallest absolute Gasteiger partial charge is 0.346 e. The van der Waals surface area contributed by atoms with Gasteiger partial charge in [-0.25, -0.2) is 9.59 Å². The number of fused-ring (bicyclic) bond motifs is 2. The zero-order valence-electron chi connectivity index (χ0n) is 20.0. The maximum absolute atomic E-state index is 11.3. The van der Waals surface area contributed by atoms with E-state index in [1.807, 2.05) is 36.4 Å². The lowest BCUT2D eigenvalue weighted by molar-refractivity contribution is -0.133. The third-order valence-electron chi connectivity index (χ3n) is 5.83. The summed E-state index contributed by atoms with van der Waals surface area (Å²) in [6, 6.07) is 14.6. The van der Waals surface area contributed by atoms with E-state index in [0.717, 1.165) is 40.6 Å². The van der Waals surface area contributed by atoms with Crippen LogP contribution in [0.1, 0.15) is 56.6 Å². The van der Waals surface area contributed by atoms with Gasteiger partial charge in [-0.2, -0.15) is 10.5 Å². The zero-order valence-corrected chi connectivity index (χ0v) is 20.8. The fraction of sp³-hybridized carbons (Fsp3) is 0.286.